The molecule has 92 valence electrons. The van der Waals surface area contributed by atoms with E-state index in [9.17, 15) is 9.59 Å². The van der Waals surface area contributed by atoms with Crippen molar-refractivity contribution in [2.24, 2.45) is 0 Å². The number of nitrogens with zero attached hydrogens (tertiary/aromatic N) is 1. The van der Waals surface area contributed by atoms with Crippen LogP contribution in [0.1, 0.15) is 16.8 Å². The summed E-state index contributed by atoms with van der Waals surface area (Å²) in [6.45, 7) is 0. The standard InChI is InChI=1S/C13H10BrNO3/c1-18-12(17)7-11(16)8-5-6-15-13-9(8)3-2-4-10(13)14/h2-6H,7H2,1H3. The van der Waals surface area contributed by atoms with Gasteiger partial charge >= 0.3 is 5.97 Å². The number of para-hydroxylation sites is 1. The Kier molecular flexibility index (Phi) is 3.72. The van der Waals surface area contributed by atoms with Crippen LogP contribution in [-0.2, 0) is 9.53 Å². The monoisotopic (exact) mass is 307 g/mol. The van der Waals surface area contributed by atoms with Crippen LogP contribution in [0, 0.1) is 0 Å². The SMILES string of the molecule is COC(=O)CC(=O)c1ccnc2c(Br)cccc12. The molecule has 1 heterocycles. The highest BCUT2D eigenvalue weighted by atomic mass is 79.9. The molecule has 0 atom stereocenters. The summed E-state index contributed by atoms with van der Waals surface area (Å²) in [4.78, 5) is 27.3. The van der Waals surface area contributed by atoms with E-state index in [0.717, 1.165) is 9.86 Å². The van der Waals surface area contributed by atoms with Crippen LogP contribution >= 0.6 is 15.9 Å². The van der Waals surface area contributed by atoms with Gasteiger partial charge in [0.25, 0.3) is 0 Å². The third-order valence-electron chi connectivity index (χ3n) is 2.55. The van der Waals surface area contributed by atoms with Gasteiger partial charge in [-0.1, -0.05) is 12.1 Å². The number of ether oxygens (including phenoxy) is 1. The highest BCUT2D eigenvalue weighted by Gasteiger charge is 2.15. The van der Waals surface area contributed by atoms with E-state index >= 15 is 0 Å². The van der Waals surface area contributed by atoms with Gasteiger partial charge < -0.3 is 4.74 Å². The summed E-state index contributed by atoms with van der Waals surface area (Å²) in [5.41, 5.74) is 1.18. The lowest BCUT2D eigenvalue weighted by Crippen LogP contribution is -2.10. The Bertz CT molecular complexity index is 625. The molecule has 2 aromatic rings. The molecule has 0 saturated heterocycles. The van der Waals surface area contributed by atoms with Crippen molar-refractivity contribution >= 4 is 38.6 Å². The summed E-state index contributed by atoms with van der Waals surface area (Å²) in [5, 5.41) is 0.723. The van der Waals surface area contributed by atoms with Crippen LogP contribution in [0.3, 0.4) is 0 Å². The number of hydrogen-bond donors (Lipinski definition) is 0. The number of halogens is 1. The maximum absolute atomic E-state index is 12.0. The Morgan fingerprint density at radius 3 is 2.83 bits per heavy atom. The van der Waals surface area contributed by atoms with E-state index in [0.29, 0.717) is 11.1 Å². The predicted octanol–water partition coefficient (Wildman–Crippen LogP) is 2.74. The minimum atomic E-state index is -0.542. The molecule has 0 aliphatic rings. The summed E-state index contributed by atoms with van der Waals surface area (Å²) in [5.74, 6) is -0.813. The molecule has 0 amide bonds. The number of rotatable bonds is 3. The van der Waals surface area contributed by atoms with Crippen molar-refractivity contribution in [2.75, 3.05) is 7.11 Å². The molecule has 0 spiro atoms. The quantitative estimate of drug-likeness (QED) is 0.497. The van der Waals surface area contributed by atoms with Gasteiger partial charge in [-0.15, -0.1) is 0 Å². The molecule has 0 bridgehead atoms. The second kappa shape index (κ2) is 5.27. The first-order chi connectivity index (χ1) is 8.63. The Morgan fingerprint density at radius 1 is 1.33 bits per heavy atom. The zero-order valence-corrected chi connectivity index (χ0v) is 11.2. The van der Waals surface area contributed by atoms with E-state index in [2.05, 4.69) is 25.7 Å². The largest absolute Gasteiger partial charge is 0.469 e. The first kappa shape index (κ1) is 12.7. The molecular formula is C13H10BrNO3. The molecule has 4 nitrogen and oxygen atoms in total. The fraction of sp³-hybridized carbons (Fsp3) is 0.154. The highest BCUT2D eigenvalue weighted by molar-refractivity contribution is 9.10. The van der Waals surface area contributed by atoms with Crippen LogP contribution in [0.4, 0.5) is 0 Å². The number of fused-ring (bicyclic) bond motifs is 1. The highest BCUT2D eigenvalue weighted by Crippen LogP contribution is 2.24. The van der Waals surface area contributed by atoms with Gasteiger partial charge in [-0.3, -0.25) is 14.6 Å². The number of ketones is 1. The molecule has 0 aliphatic heterocycles. The average Bonchev–Trinajstić information content (AvgIpc) is 2.38. The van der Waals surface area contributed by atoms with E-state index in [1.807, 2.05) is 12.1 Å². The van der Waals surface area contributed by atoms with Crippen molar-refractivity contribution in [2.45, 2.75) is 6.42 Å². The first-order valence-electron chi connectivity index (χ1n) is 5.26. The normalized spacial score (nSPS) is 10.3. The third kappa shape index (κ3) is 2.41. The molecule has 18 heavy (non-hydrogen) atoms. The van der Waals surface area contributed by atoms with Crippen molar-refractivity contribution in [3.8, 4) is 0 Å². The molecule has 5 heteroatoms. The second-order valence-corrected chi connectivity index (χ2v) is 4.52. The van der Waals surface area contributed by atoms with Crippen LogP contribution < -0.4 is 0 Å². The number of Topliss-reactive ketones (excluding diaryl/α,β-unsaturated/α-hetero) is 1. The Morgan fingerprint density at radius 2 is 2.11 bits per heavy atom. The van der Waals surface area contributed by atoms with Crippen molar-refractivity contribution < 1.29 is 14.3 Å². The molecule has 0 unspecified atom stereocenters. The molecule has 0 saturated carbocycles. The Hall–Kier alpha value is -1.75. The molecule has 0 fully saturated rings. The summed E-state index contributed by atoms with van der Waals surface area (Å²) >= 11 is 3.38. The lowest BCUT2D eigenvalue weighted by Gasteiger charge is -2.05. The van der Waals surface area contributed by atoms with E-state index in [4.69, 9.17) is 0 Å². The van der Waals surface area contributed by atoms with Crippen LogP contribution in [0.25, 0.3) is 10.9 Å². The third-order valence-corrected chi connectivity index (χ3v) is 3.19. The molecule has 2 rings (SSSR count). The van der Waals surface area contributed by atoms with Crippen molar-refractivity contribution in [3.05, 3.63) is 40.5 Å². The smallest absolute Gasteiger partial charge is 0.313 e. The van der Waals surface area contributed by atoms with E-state index in [1.165, 1.54) is 7.11 Å². The minimum Gasteiger partial charge on any atom is -0.469 e. The predicted molar refractivity (Wildman–Crippen MR) is 70.4 cm³/mol. The average molecular weight is 308 g/mol. The Balaban J connectivity index is 2.48. The summed E-state index contributed by atoms with van der Waals surface area (Å²) in [7, 11) is 1.26. The van der Waals surface area contributed by atoms with E-state index in [1.54, 1.807) is 18.3 Å². The van der Waals surface area contributed by atoms with Crippen LogP contribution in [0.2, 0.25) is 0 Å². The maximum Gasteiger partial charge on any atom is 0.313 e. The number of pyridine rings is 1. The number of benzene rings is 1. The van der Waals surface area contributed by atoms with Gasteiger partial charge in [0.15, 0.2) is 5.78 Å². The molecular weight excluding hydrogens is 298 g/mol. The van der Waals surface area contributed by atoms with Crippen molar-refractivity contribution in [1.29, 1.82) is 0 Å². The van der Waals surface area contributed by atoms with Gasteiger partial charge in [0, 0.05) is 21.6 Å². The number of carbonyl (C=O) groups excluding carboxylic acids is 2. The van der Waals surface area contributed by atoms with Crippen LogP contribution in [0.15, 0.2) is 34.9 Å². The topological polar surface area (TPSA) is 56.3 Å². The zero-order chi connectivity index (χ0) is 13.1. The summed E-state index contributed by atoms with van der Waals surface area (Å²) in [6, 6.07) is 7.09. The zero-order valence-electron chi connectivity index (χ0n) is 9.64. The van der Waals surface area contributed by atoms with Gasteiger partial charge in [0.2, 0.25) is 0 Å². The molecule has 0 N–H and O–H groups in total. The van der Waals surface area contributed by atoms with Crippen LogP contribution in [0.5, 0.6) is 0 Å². The summed E-state index contributed by atoms with van der Waals surface area (Å²) < 4.78 is 5.31. The minimum absolute atomic E-state index is 0.262. The lowest BCUT2D eigenvalue weighted by atomic mass is 10.0. The van der Waals surface area contributed by atoms with Gasteiger partial charge in [-0.05, 0) is 28.1 Å². The number of carbonyl (C=O) groups is 2. The number of aromatic nitrogens is 1. The van der Waals surface area contributed by atoms with E-state index in [-0.39, 0.29) is 12.2 Å². The lowest BCUT2D eigenvalue weighted by molar-refractivity contribution is -0.139. The maximum atomic E-state index is 12.0. The Labute approximate surface area is 112 Å². The van der Waals surface area contributed by atoms with Gasteiger partial charge in [-0.2, -0.15) is 0 Å². The number of hydrogen-bond acceptors (Lipinski definition) is 4. The molecule has 0 aliphatic carbocycles. The molecule has 1 aromatic heterocycles. The van der Waals surface area contributed by atoms with Gasteiger partial charge in [-0.25, -0.2) is 0 Å². The van der Waals surface area contributed by atoms with Crippen LogP contribution in [-0.4, -0.2) is 23.8 Å². The van der Waals surface area contributed by atoms with Crippen molar-refractivity contribution in [3.63, 3.8) is 0 Å². The number of methoxy groups -OCH3 is 1. The second-order valence-electron chi connectivity index (χ2n) is 3.67. The van der Waals surface area contributed by atoms with Gasteiger partial charge in [0.1, 0.15) is 6.42 Å². The number of esters is 1. The molecule has 0 radical (unpaired) electrons. The fourth-order valence-electron chi connectivity index (χ4n) is 1.68. The summed E-state index contributed by atoms with van der Waals surface area (Å²) in [6.07, 6.45) is 1.29. The first-order valence-corrected chi connectivity index (χ1v) is 6.06. The van der Waals surface area contributed by atoms with E-state index < -0.39 is 5.97 Å². The van der Waals surface area contributed by atoms with Gasteiger partial charge in [0.05, 0.1) is 12.6 Å². The molecule has 1 aromatic carbocycles. The van der Waals surface area contributed by atoms with Crippen molar-refractivity contribution in [1.82, 2.24) is 4.98 Å². The fourth-order valence-corrected chi connectivity index (χ4v) is 2.15.